The molecule has 3 nitrogen and oxygen atoms in total. The Morgan fingerprint density at radius 3 is 2.02 bits per heavy atom. The smallest absolute Gasteiger partial charge is 0.141 e. The number of hydrogen-bond acceptors (Lipinski definition) is 3. The molecule has 0 saturated heterocycles. The fourth-order valence-corrected chi connectivity index (χ4v) is 8.21. The highest BCUT2D eigenvalue weighted by atomic mass is 16.3. The minimum atomic E-state index is 0.252. The van der Waals surface area contributed by atoms with Crippen molar-refractivity contribution >= 4 is 10.9 Å². The molecule has 2 aromatic rings. The van der Waals surface area contributed by atoms with E-state index < -0.39 is 0 Å². The van der Waals surface area contributed by atoms with Gasteiger partial charge in [0.05, 0.1) is 0 Å². The van der Waals surface area contributed by atoms with Crippen LogP contribution in [-0.4, -0.2) is 16.6 Å². The van der Waals surface area contributed by atoms with E-state index in [0.717, 1.165) is 30.3 Å². The lowest BCUT2D eigenvalue weighted by Crippen LogP contribution is -2.15. The number of pyridine rings is 1. The molecule has 45 heavy (non-hydrogen) atoms. The van der Waals surface area contributed by atoms with E-state index in [1.807, 2.05) is 18.2 Å². The van der Waals surface area contributed by atoms with Crippen molar-refractivity contribution in [2.75, 3.05) is 6.54 Å². The van der Waals surface area contributed by atoms with Crippen LogP contribution in [-0.2, 0) is 6.54 Å². The van der Waals surface area contributed by atoms with Gasteiger partial charge in [0.15, 0.2) is 0 Å². The van der Waals surface area contributed by atoms with Gasteiger partial charge < -0.3 is 10.4 Å². The van der Waals surface area contributed by atoms with Crippen molar-refractivity contribution in [1.29, 1.82) is 0 Å². The molecule has 2 saturated carbocycles. The Balaban J connectivity index is 1.09. The predicted octanol–water partition coefficient (Wildman–Crippen LogP) is 11.5. The summed E-state index contributed by atoms with van der Waals surface area (Å²) in [6, 6.07) is 7.73. The normalized spacial score (nSPS) is 24.5. The van der Waals surface area contributed by atoms with Crippen molar-refractivity contribution < 1.29 is 5.11 Å². The lowest BCUT2D eigenvalue weighted by Gasteiger charge is -2.15. The SMILES string of the molecule is C=CC1CC(C=C=CC2CC(C=C)C(CCCCCCNCc3ccc(O)c4ncccc34)C2)CC1CCCCCCCCC. The van der Waals surface area contributed by atoms with E-state index in [4.69, 9.17) is 0 Å². The Morgan fingerprint density at radius 2 is 1.40 bits per heavy atom. The molecular formula is C42H62N2O. The molecule has 3 heteroatoms. The summed E-state index contributed by atoms with van der Waals surface area (Å²) in [4.78, 5) is 4.33. The molecule has 2 aliphatic rings. The Bertz CT molecular complexity index is 1230. The first-order valence-electron chi connectivity index (χ1n) is 18.6. The second-order valence-corrected chi connectivity index (χ2v) is 14.2. The van der Waals surface area contributed by atoms with Gasteiger partial charge in [-0.25, -0.2) is 0 Å². The maximum Gasteiger partial charge on any atom is 0.141 e. The van der Waals surface area contributed by atoms with E-state index >= 15 is 0 Å². The molecule has 2 fully saturated rings. The van der Waals surface area contributed by atoms with Gasteiger partial charge in [0.1, 0.15) is 11.3 Å². The van der Waals surface area contributed by atoms with Crippen LogP contribution in [0.15, 0.2) is 73.7 Å². The van der Waals surface area contributed by atoms with Gasteiger partial charge in [-0.3, -0.25) is 4.98 Å². The number of allylic oxidation sites excluding steroid dienone is 3. The van der Waals surface area contributed by atoms with E-state index in [1.54, 1.807) is 12.3 Å². The zero-order chi connectivity index (χ0) is 31.7. The number of aromatic hydroxyl groups is 1. The van der Waals surface area contributed by atoms with Crippen LogP contribution in [0.3, 0.4) is 0 Å². The lowest BCUT2D eigenvalue weighted by molar-refractivity contribution is 0.401. The van der Waals surface area contributed by atoms with Crippen LogP contribution in [0.5, 0.6) is 5.75 Å². The molecule has 0 radical (unpaired) electrons. The standard InChI is InChI=1S/C42H62N2O/c1-4-7-8-9-10-11-14-21-37-30-33(28-35(37)5-2)19-17-20-34-29-36(6-3)38(31-34)22-15-12-13-16-26-43-32-39-24-25-41(45)42-40(39)23-18-27-44-42/h5-6,18-20,23-25,27,33-38,43,45H,2-4,7-16,21-22,26,28-32H2,1H3. The number of unbranched alkanes of at least 4 members (excludes halogenated alkanes) is 9. The van der Waals surface area contributed by atoms with E-state index in [-0.39, 0.29) is 5.75 Å². The third-order valence-electron chi connectivity index (χ3n) is 10.9. The van der Waals surface area contributed by atoms with Gasteiger partial charge in [-0.2, -0.15) is 0 Å². The number of rotatable bonds is 21. The van der Waals surface area contributed by atoms with Crippen LogP contribution in [0.1, 0.15) is 122 Å². The fraction of sp³-hybridized carbons (Fsp3) is 0.619. The summed E-state index contributed by atoms with van der Waals surface area (Å²) in [5, 5.41) is 14.7. The first-order valence-corrected chi connectivity index (χ1v) is 18.6. The fourth-order valence-electron chi connectivity index (χ4n) is 8.21. The van der Waals surface area contributed by atoms with Gasteiger partial charge in [-0.15, -0.1) is 18.9 Å². The predicted molar refractivity (Wildman–Crippen MR) is 193 cm³/mol. The average molecular weight is 611 g/mol. The second kappa shape index (κ2) is 19.8. The number of aromatic nitrogens is 1. The second-order valence-electron chi connectivity index (χ2n) is 14.2. The highest BCUT2D eigenvalue weighted by molar-refractivity contribution is 5.87. The Morgan fingerprint density at radius 1 is 0.800 bits per heavy atom. The number of fused-ring (bicyclic) bond motifs is 1. The summed E-state index contributed by atoms with van der Waals surface area (Å²) < 4.78 is 0. The molecule has 0 amide bonds. The van der Waals surface area contributed by atoms with E-state index in [0.29, 0.717) is 29.2 Å². The molecule has 0 bridgehead atoms. The Hall–Kier alpha value is -2.61. The van der Waals surface area contributed by atoms with Gasteiger partial charge in [-0.1, -0.05) is 95.4 Å². The van der Waals surface area contributed by atoms with E-state index in [2.05, 4.69) is 60.4 Å². The molecule has 2 aliphatic carbocycles. The molecule has 1 aromatic carbocycles. The van der Waals surface area contributed by atoms with Gasteiger partial charge in [-0.05, 0) is 117 Å². The molecule has 2 N–H and O–H groups in total. The van der Waals surface area contributed by atoms with Crippen molar-refractivity contribution in [1.82, 2.24) is 10.3 Å². The maximum atomic E-state index is 10.1. The number of nitrogens with one attached hydrogen (secondary N) is 1. The van der Waals surface area contributed by atoms with Gasteiger partial charge in [0, 0.05) is 18.1 Å². The summed E-state index contributed by atoms with van der Waals surface area (Å²) in [5.74, 6) is 4.55. The summed E-state index contributed by atoms with van der Waals surface area (Å²) in [6.07, 6.45) is 33.8. The minimum Gasteiger partial charge on any atom is -0.506 e. The maximum absolute atomic E-state index is 10.1. The molecule has 1 aromatic heterocycles. The van der Waals surface area contributed by atoms with Crippen LogP contribution in [0.2, 0.25) is 0 Å². The van der Waals surface area contributed by atoms with Crippen LogP contribution in [0.25, 0.3) is 10.9 Å². The van der Waals surface area contributed by atoms with Crippen LogP contribution < -0.4 is 5.32 Å². The summed E-state index contributed by atoms with van der Waals surface area (Å²) in [7, 11) is 0. The Labute approximate surface area is 275 Å². The third-order valence-corrected chi connectivity index (χ3v) is 10.9. The van der Waals surface area contributed by atoms with Crippen molar-refractivity contribution in [3.05, 3.63) is 79.2 Å². The zero-order valence-corrected chi connectivity index (χ0v) is 28.4. The van der Waals surface area contributed by atoms with Gasteiger partial charge in [0.25, 0.3) is 0 Å². The van der Waals surface area contributed by atoms with Gasteiger partial charge in [0.2, 0.25) is 0 Å². The van der Waals surface area contributed by atoms with E-state index in [9.17, 15) is 5.11 Å². The summed E-state index contributed by atoms with van der Waals surface area (Å²) in [5.41, 5.74) is 5.56. The number of phenols is 1. The van der Waals surface area contributed by atoms with Crippen molar-refractivity contribution in [2.45, 2.75) is 123 Å². The highest BCUT2D eigenvalue weighted by Gasteiger charge is 2.32. The molecular weight excluding hydrogens is 548 g/mol. The van der Waals surface area contributed by atoms with Crippen LogP contribution >= 0.6 is 0 Å². The van der Waals surface area contributed by atoms with E-state index in [1.165, 1.54) is 115 Å². The number of benzene rings is 1. The van der Waals surface area contributed by atoms with Crippen molar-refractivity contribution in [2.24, 2.45) is 35.5 Å². The molecule has 246 valence electrons. The molecule has 0 spiro atoms. The number of phenolic OH excluding ortho intramolecular Hbond substituents is 1. The zero-order valence-electron chi connectivity index (χ0n) is 28.4. The largest absolute Gasteiger partial charge is 0.506 e. The lowest BCUT2D eigenvalue weighted by atomic mass is 9.90. The first-order chi connectivity index (χ1) is 22.1. The van der Waals surface area contributed by atoms with Crippen molar-refractivity contribution in [3.63, 3.8) is 0 Å². The highest BCUT2D eigenvalue weighted by Crippen LogP contribution is 2.42. The quantitative estimate of drug-likeness (QED) is 0.0839. The molecule has 6 atom stereocenters. The summed E-state index contributed by atoms with van der Waals surface area (Å²) in [6.45, 7) is 12.5. The van der Waals surface area contributed by atoms with Crippen LogP contribution in [0, 0.1) is 35.5 Å². The monoisotopic (exact) mass is 610 g/mol. The number of hydrogen-bond donors (Lipinski definition) is 2. The molecule has 1 heterocycles. The Kier molecular flexibility index (Phi) is 15.5. The number of nitrogens with zero attached hydrogens (tertiary/aromatic N) is 1. The molecule has 0 aliphatic heterocycles. The summed E-state index contributed by atoms with van der Waals surface area (Å²) >= 11 is 0. The molecule has 6 unspecified atom stereocenters. The topological polar surface area (TPSA) is 45.1 Å². The average Bonchev–Trinajstić information content (AvgIpc) is 3.65. The van der Waals surface area contributed by atoms with Gasteiger partial charge >= 0.3 is 0 Å². The van der Waals surface area contributed by atoms with Crippen LogP contribution in [0.4, 0.5) is 0 Å². The first kappa shape index (κ1) is 35.2. The van der Waals surface area contributed by atoms with Crippen molar-refractivity contribution in [3.8, 4) is 5.75 Å². The minimum absolute atomic E-state index is 0.252. The molecule has 4 rings (SSSR count). The third kappa shape index (κ3) is 11.3.